The molecule has 2 aromatic rings. The number of amides is 2. The normalized spacial score (nSPS) is 12.4. The molecule has 0 saturated heterocycles. The Balaban J connectivity index is 2.18. The van der Waals surface area contributed by atoms with Gasteiger partial charge < -0.3 is 15.2 Å². The maximum absolute atomic E-state index is 13.4. The smallest absolute Gasteiger partial charge is 0.346 e. The molecule has 2 N–H and O–H groups in total. The third kappa shape index (κ3) is 5.11. The molecule has 1 aromatic heterocycles. The summed E-state index contributed by atoms with van der Waals surface area (Å²) in [7, 11) is 1.33. The van der Waals surface area contributed by atoms with E-state index >= 15 is 0 Å². The summed E-state index contributed by atoms with van der Waals surface area (Å²) in [5.74, 6) is -6.24. The predicted octanol–water partition coefficient (Wildman–Crippen LogP) is 3.46. The van der Waals surface area contributed by atoms with Crippen LogP contribution in [0.2, 0.25) is 5.02 Å². The lowest BCUT2D eigenvalue weighted by atomic mass is 10.2. The van der Waals surface area contributed by atoms with Gasteiger partial charge in [0.2, 0.25) is 0 Å². The first-order valence-corrected chi connectivity index (χ1v) is 8.23. The topological polar surface area (TPSA) is 80.2 Å². The maximum atomic E-state index is 13.4. The monoisotopic (exact) mass is 437 g/mol. The van der Waals surface area contributed by atoms with Gasteiger partial charge in [-0.3, -0.25) is 14.4 Å². The fourth-order valence-electron chi connectivity index (χ4n) is 2.21. The maximum Gasteiger partial charge on any atom is 0.408 e. The van der Waals surface area contributed by atoms with Crippen molar-refractivity contribution in [2.45, 2.75) is 19.1 Å². The van der Waals surface area contributed by atoms with Crippen molar-refractivity contribution in [3.8, 4) is 0 Å². The van der Waals surface area contributed by atoms with E-state index < -0.39 is 46.5 Å². The molecule has 0 unspecified atom stereocenters. The van der Waals surface area contributed by atoms with E-state index in [0.717, 1.165) is 22.9 Å². The van der Waals surface area contributed by atoms with Crippen LogP contribution in [0.4, 0.5) is 27.6 Å². The average Bonchev–Trinajstić information content (AvgIpc) is 2.99. The van der Waals surface area contributed by atoms with Crippen LogP contribution in [0.3, 0.4) is 0 Å². The molecule has 0 aliphatic carbocycles. The van der Waals surface area contributed by atoms with Gasteiger partial charge in [0.15, 0.2) is 11.6 Å². The van der Waals surface area contributed by atoms with E-state index in [1.165, 1.54) is 12.4 Å². The largest absolute Gasteiger partial charge is 0.408 e. The van der Waals surface area contributed by atoms with Crippen LogP contribution in [0.5, 0.6) is 0 Å². The molecule has 0 radical (unpaired) electrons. The van der Waals surface area contributed by atoms with E-state index in [1.807, 2.05) is 0 Å². The number of Topliss-reactive ketones (excluding diaryl/α,β-unsaturated/α-hetero) is 1. The number of rotatable bonds is 5. The second-order valence-corrected chi connectivity index (χ2v) is 6.41. The second kappa shape index (κ2) is 8.19. The van der Waals surface area contributed by atoms with Gasteiger partial charge in [-0.1, -0.05) is 11.6 Å². The van der Waals surface area contributed by atoms with E-state index in [4.69, 9.17) is 11.6 Å². The molecule has 0 aliphatic rings. The summed E-state index contributed by atoms with van der Waals surface area (Å²) >= 11 is 5.49. The minimum atomic E-state index is -4.73. The molecule has 2 rings (SSSR count). The van der Waals surface area contributed by atoms with Crippen molar-refractivity contribution in [1.82, 2.24) is 9.88 Å². The van der Waals surface area contributed by atoms with E-state index in [-0.39, 0.29) is 16.9 Å². The molecule has 0 spiro atoms. The van der Waals surface area contributed by atoms with Crippen LogP contribution in [0.15, 0.2) is 24.4 Å². The van der Waals surface area contributed by atoms with E-state index in [2.05, 4.69) is 5.32 Å². The molecule has 0 fully saturated rings. The number of alkyl halides is 3. The Morgan fingerprint density at radius 3 is 2.31 bits per heavy atom. The number of aromatic nitrogens is 1. The SMILES string of the molecule is C[C@@H](NC(=O)C(=O)c1cc(C(=O)Nc2cc(F)c(F)c(Cl)c2)n(C)c1)C(F)(F)F. The van der Waals surface area contributed by atoms with Crippen molar-refractivity contribution in [2.24, 2.45) is 7.05 Å². The zero-order valence-corrected chi connectivity index (χ0v) is 15.6. The molecule has 0 bridgehead atoms. The Kier molecular flexibility index (Phi) is 6.31. The van der Waals surface area contributed by atoms with Gasteiger partial charge in [0.05, 0.1) is 5.02 Å². The summed E-state index contributed by atoms with van der Waals surface area (Å²) in [5, 5.41) is 3.18. The lowest BCUT2D eigenvalue weighted by molar-refractivity contribution is -0.156. The third-order valence-corrected chi connectivity index (χ3v) is 4.06. The number of carbonyl (C=O) groups is 3. The number of halogens is 6. The summed E-state index contributed by atoms with van der Waals surface area (Å²) in [6.45, 7) is 0.669. The van der Waals surface area contributed by atoms with Crippen molar-refractivity contribution in [1.29, 1.82) is 0 Å². The molecule has 29 heavy (non-hydrogen) atoms. The quantitative estimate of drug-likeness (QED) is 0.325. The average molecular weight is 438 g/mol. The number of ketones is 1. The highest BCUT2D eigenvalue weighted by Crippen LogP contribution is 2.23. The van der Waals surface area contributed by atoms with Gasteiger partial charge in [-0.2, -0.15) is 13.2 Å². The first kappa shape index (κ1) is 22.3. The highest BCUT2D eigenvalue weighted by atomic mass is 35.5. The van der Waals surface area contributed by atoms with Crippen molar-refractivity contribution in [3.63, 3.8) is 0 Å². The Bertz CT molecular complexity index is 964. The molecule has 0 aliphatic heterocycles. The lowest BCUT2D eigenvalue weighted by Crippen LogP contribution is -2.45. The Morgan fingerprint density at radius 2 is 1.76 bits per heavy atom. The molecule has 12 heteroatoms. The van der Waals surface area contributed by atoms with Crippen LogP contribution in [0.25, 0.3) is 0 Å². The minimum absolute atomic E-state index is 0.175. The standard InChI is InChI=1S/C17H13ClF5N3O3/c1-7(17(21,22)23)24-16(29)14(27)8-3-12(26(2)6-8)15(28)25-9-4-10(18)13(20)11(19)5-9/h3-7H,1-2H3,(H,24,29)(H,25,28)/t7-/m1/s1. The molecule has 156 valence electrons. The summed E-state index contributed by atoms with van der Waals surface area (Å²) in [4.78, 5) is 36.1. The summed E-state index contributed by atoms with van der Waals surface area (Å²) < 4.78 is 65.2. The number of hydrogen-bond donors (Lipinski definition) is 2. The number of nitrogens with zero attached hydrogens (tertiary/aromatic N) is 1. The van der Waals surface area contributed by atoms with Gasteiger partial charge in [-0.15, -0.1) is 0 Å². The van der Waals surface area contributed by atoms with Gasteiger partial charge in [0.25, 0.3) is 17.6 Å². The van der Waals surface area contributed by atoms with Crippen LogP contribution < -0.4 is 10.6 Å². The third-order valence-electron chi connectivity index (χ3n) is 3.79. The zero-order valence-electron chi connectivity index (χ0n) is 14.8. The van der Waals surface area contributed by atoms with Gasteiger partial charge in [0, 0.05) is 30.6 Å². The van der Waals surface area contributed by atoms with Crippen LogP contribution in [0.1, 0.15) is 27.8 Å². The number of carbonyl (C=O) groups excluding carboxylic acids is 3. The first-order valence-electron chi connectivity index (χ1n) is 7.85. The summed E-state index contributed by atoms with van der Waals surface area (Å²) in [6, 6.07) is 0.360. The number of aryl methyl sites for hydroxylation is 1. The predicted molar refractivity (Wildman–Crippen MR) is 92.7 cm³/mol. The van der Waals surface area contributed by atoms with E-state index in [0.29, 0.717) is 13.0 Å². The molecule has 6 nitrogen and oxygen atoms in total. The number of nitrogens with one attached hydrogen (secondary N) is 2. The highest BCUT2D eigenvalue weighted by Gasteiger charge is 2.38. The van der Waals surface area contributed by atoms with Crippen LogP contribution in [0, 0.1) is 11.6 Å². The van der Waals surface area contributed by atoms with E-state index in [1.54, 1.807) is 0 Å². The van der Waals surface area contributed by atoms with Crippen LogP contribution in [-0.2, 0) is 11.8 Å². The minimum Gasteiger partial charge on any atom is -0.346 e. The van der Waals surface area contributed by atoms with Crippen molar-refractivity contribution < 1.29 is 36.3 Å². The number of anilines is 1. The number of hydrogen-bond acceptors (Lipinski definition) is 3. The second-order valence-electron chi connectivity index (χ2n) is 6.00. The lowest BCUT2D eigenvalue weighted by Gasteiger charge is -2.16. The van der Waals surface area contributed by atoms with Crippen LogP contribution in [-0.4, -0.2) is 34.4 Å². The van der Waals surface area contributed by atoms with Gasteiger partial charge >= 0.3 is 6.18 Å². The van der Waals surface area contributed by atoms with Gasteiger partial charge in [0.1, 0.15) is 11.7 Å². The molecular formula is C17H13ClF5N3O3. The molecule has 0 saturated carbocycles. The highest BCUT2D eigenvalue weighted by molar-refractivity contribution is 6.43. The fraction of sp³-hybridized carbons (Fsp3) is 0.235. The fourth-order valence-corrected chi connectivity index (χ4v) is 2.42. The molecule has 1 heterocycles. The van der Waals surface area contributed by atoms with Crippen molar-refractivity contribution in [3.05, 3.63) is 52.3 Å². The van der Waals surface area contributed by atoms with Gasteiger partial charge in [-0.05, 0) is 19.1 Å². The Morgan fingerprint density at radius 1 is 1.14 bits per heavy atom. The number of benzene rings is 1. The molecular weight excluding hydrogens is 425 g/mol. The zero-order chi connectivity index (χ0) is 22.1. The molecule has 1 atom stereocenters. The summed E-state index contributed by atoms with van der Waals surface area (Å²) in [5.41, 5.74) is -0.691. The summed E-state index contributed by atoms with van der Waals surface area (Å²) in [6.07, 6.45) is -3.67. The van der Waals surface area contributed by atoms with Crippen LogP contribution >= 0.6 is 11.6 Å². The van der Waals surface area contributed by atoms with Crippen molar-refractivity contribution in [2.75, 3.05) is 5.32 Å². The molecule has 1 aromatic carbocycles. The van der Waals surface area contributed by atoms with E-state index in [9.17, 15) is 36.3 Å². The van der Waals surface area contributed by atoms with Gasteiger partial charge in [-0.25, -0.2) is 8.78 Å². The van der Waals surface area contributed by atoms with Crippen molar-refractivity contribution >= 4 is 34.9 Å². The first-order chi connectivity index (χ1) is 13.3. The Hall–Kier alpha value is -2.95. The Labute approximate surface area is 165 Å². The molecule has 2 amide bonds.